The quantitative estimate of drug-likeness (QED) is 0.169. The van der Waals surface area contributed by atoms with Gasteiger partial charge in [0.2, 0.25) is 11.5 Å². The molecule has 4 aromatic rings. The van der Waals surface area contributed by atoms with Crippen LogP contribution in [-0.2, 0) is 4.74 Å². The minimum Gasteiger partial charge on any atom is -0.394 e. The van der Waals surface area contributed by atoms with E-state index < -0.39 is 36.1 Å². The fourth-order valence-corrected chi connectivity index (χ4v) is 4.39. The van der Waals surface area contributed by atoms with E-state index in [1.807, 2.05) is 0 Å². The van der Waals surface area contributed by atoms with E-state index in [0.29, 0.717) is 15.4 Å². The summed E-state index contributed by atoms with van der Waals surface area (Å²) in [7, 11) is 0. The molecule has 166 valence electrons. The maximum Gasteiger partial charge on any atom is 0.300 e. The average molecular weight is 462 g/mol. The molecule has 0 unspecified atom stereocenters. The third kappa shape index (κ3) is 3.12. The maximum atomic E-state index is 11.2. The van der Waals surface area contributed by atoms with Crippen LogP contribution in [0.4, 0.5) is 11.6 Å². The largest absolute Gasteiger partial charge is 0.394 e. The first-order chi connectivity index (χ1) is 15.4. The van der Waals surface area contributed by atoms with E-state index in [9.17, 15) is 25.4 Å². The Bertz CT molecular complexity index is 1340. The van der Waals surface area contributed by atoms with Gasteiger partial charge in [0.15, 0.2) is 17.4 Å². The Hall–Kier alpha value is -3.44. The van der Waals surface area contributed by atoms with Gasteiger partial charge >= 0.3 is 5.69 Å². The number of rotatable bonds is 5. The van der Waals surface area contributed by atoms with Crippen LogP contribution < -0.4 is 5.73 Å². The number of non-ortho nitro benzene ring substituents is 1. The number of nitrogen functional groups attached to an aromatic ring is 1. The van der Waals surface area contributed by atoms with Crippen molar-refractivity contribution in [3.63, 3.8) is 0 Å². The number of hydrogen-bond acceptors (Lipinski definition) is 14. The SMILES string of the molecule is Nc1nc(Sc2ccc([N+](=O)[O-])c3nonc23)c2ncn([C@@H]3O[C@@H](CO)[C@@H](O)[C@H]3O)c2n1. The van der Waals surface area contributed by atoms with Gasteiger partial charge < -0.3 is 25.8 Å². The Morgan fingerprint density at radius 2 is 1.97 bits per heavy atom. The van der Waals surface area contributed by atoms with E-state index in [4.69, 9.17) is 10.5 Å². The van der Waals surface area contributed by atoms with Crippen LogP contribution in [0.25, 0.3) is 22.2 Å². The Morgan fingerprint density at radius 3 is 2.69 bits per heavy atom. The molecule has 0 spiro atoms. The van der Waals surface area contributed by atoms with Crippen molar-refractivity contribution in [3.05, 3.63) is 28.6 Å². The Morgan fingerprint density at radius 1 is 1.19 bits per heavy atom. The van der Waals surface area contributed by atoms with Gasteiger partial charge in [0.1, 0.15) is 28.9 Å². The summed E-state index contributed by atoms with van der Waals surface area (Å²) in [6, 6.07) is 2.75. The highest BCUT2D eigenvalue weighted by atomic mass is 32.2. The van der Waals surface area contributed by atoms with Crippen LogP contribution in [0.2, 0.25) is 0 Å². The Kier molecular flexibility index (Phi) is 4.86. The molecule has 1 saturated heterocycles. The third-order valence-corrected chi connectivity index (χ3v) is 5.99. The lowest BCUT2D eigenvalue weighted by Crippen LogP contribution is -2.33. The standard InChI is InChI=1S/C16H14N8O7S/c17-16-19-13-10(18-4-23(13)15-12(27)11(26)6(3-25)30-15)14(20-16)32-7-2-1-5(24(28)29)8-9(7)22-31-21-8/h1-2,4,6,11-12,15,25-27H,3H2,(H2,17,19,20)/t6-,11+,12+,15+/m0/s1. The second-order valence-corrected chi connectivity index (χ2v) is 7.87. The highest BCUT2D eigenvalue weighted by Gasteiger charge is 2.44. The number of aromatic nitrogens is 6. The van der Waals surface area contributed by atoms with Gasteiger partial charge in [-0.1, -0.05) is 11.8 Å². The number of nitro benzene ring substituents is 1. The lowest BCUT2D eigenvalue weighted by Gasteiger charge is -2.16. The molecular weight excluding hydrogens is 448 g/mol. The highest BCUT2D eigenvalue weighted by molar-refractivity contribution is 7.99. The number of hydrogen-bond donors (Lipinski definition) is 4. The molecule has 1 aromatic carbocycles. The summed E-state index contributed by atoms with van der Waals surface area (Å²) in [4.78, 5) is 23.7. The van der Waals surface area contributed by atoms with Crippen molar-refractivity contribution in [2.75, 3.05) is 12.3 Å². The molecule has 32 heavy (non-hydrogen) atoms. The van der Waals surface area contributed by atoms with Gasteiger partial charge in [-0.25, -0.2) is 14.6 Å². The van der Waals surface area contributed by atoms with Crippen molar-refractivity contribution in [3.8, 4) is 0 Å². The predicted molar refractivity (Wildman–Crippen MR) is 105 cm³/mol. The Balaban J connectivity index is 1.57. The number of benzene rings is 1. The number of nitrogens with zero attached hydrogens (tertiary/aromatic N) is 7. The molecule has 4 heterocycles. The van der Waals surface area contributed by atoms with Gasteiger partial charge in [-0.2, -0.15) is 4.98 Å². The van der Waals surface area contributed by atoms with Gasteiger partial charge in [-0.3, -0.25) is 14.7 Å². The van der Waals surface area contributed by atoms with Crippen LogP contribution in [0.5, 0.6) is 0 Å². The monoisotopic (exact) mass is 462 g/mol. The van der Waals surface area contributed by atoms with E-state index in [-0.39, 0.29) is 28.3 Å². The average Bonchev–Trinajstić information content (AvgIpc) is 3.47. The number of ether oxygens (including phenoxy) is 1. The van der Waals surface area contributed by atoms with E-state index in [2.05, 4.69) is 29.9 Å². The summed E-state index contributed by atoms with van der Waals surface area (Å²) in [5, 5.41) is 48.6. The van der Waals surface area contributed by atoms with Crippen LogP contribution in [0, 0.1) is 10.1 Å². The molecule has 1 fully saturated rings. The van der Waals surface area contributed by atoms with Crippen LogP contribution in [0.3, 0.4) is 0 Å². The number of imidazole rings is 1. The smallest absolute Gasteiger partial charge is 0.300 e. The van der Waals surface area contributed by atoms with Crippen molar-refractivity contribution in [2.45, 2.75) is 34.5 Å². The molecule has 5 rings (SSSR count). The zero-order chi connectivity index (χ0) is 22.6. The molecule has 0 saturated carbocycles. The molecule has 16 heteroatoms. The van der Waals surface area contributed by atoms with Crippen molar-refractivity contribution in [2.24, 2.45) is 0 Å². The molecule has 5 N–H and O–H groups in total. The number of nitro groups is 1. The molecule has 15 nitrogen and oxygen atoms in total. The fourth-order valence-electron chi connectivity index (χ4n) is 3.44. The van der Waals surface area contributed by atoms with Gasteiger partial charge in [0.05, 0.1) is 17.9 Å². The summed E-state index contributed by atoms with van der Waals surface area (Å²) >= 11 is 1.06. The second kappa shape index (κ2) is 7.61. The topological polar surface area (TPSA) is 222 Å². The summed E-state index contributed by atoms with van der Waals surface area (Å²) in [5.41, 5.74) is 6.27. The third-order valence-electron chi connectivity index (χ3n) is 4.96. The van der Waals surface area contributed by atoms with Crippen molar-refractivity contribution < 1.29 is 29.6 Å². The number of aliphatic hydroxyl groups is 3. The van der Waals surface area contributed by atoms with Crippen LogP contribution in [-0.4, -0.2) is 75.0 Å². The molecule has 1 aliphatic rings. The molecule has 1 aliphatic heterocycles. The van der Waals surface area contributed by atoms with Crippen molar-refractivity contribution in [1.29, 1.82) is 0 Å². The highest BCUT2D eigenvalue weighted by Crippen LogP contribution is 2.38. The first-order valence-electron chi connectivity index (χ1n) is 9.09. The fraction of sp³-hybridized carbons (Fsp3) is 0.312. The predicted octanol–water partition coefficient (Wildman–Crippen LogP) is -0.384. The van der Waals surface area contributed by atoms with E-state index >= 15 is 0 Å². The van der Waals surface area contributed by atoms with E-state index in [1.54, 1.807) is 0 Å². The van der Waals surface area contributed by atoms with Gasteiger partial charge in [0, 0.05) is 11.0 Å². The summed E-state index contributed by atoms with van der Waals surface area (Å²) in [6.07, 6.45) is -3.35. The normalized spacial score (nSPS) is 23.3. The molecule has 0 aliphatic carbocycles. The maximum absolute atomic E-state index is 11.2. The van der Waals surface area contributed by atoms with Gasteiger partial charge in [-0.15, -0.1) is 0 Å². The summed E-state index contributed by atoms with van der Waals surface area (Å²) < 4.78 is 11.6. The summed E-state index contributed by atoms with van der Waals surface area (Å²) in [5.74, 6) is -0.107. The molecule has 0 amide bonds. The molecule has 4 atom stereocenters. The molecule has 3 aromatic heterocycles. The van der Waals surface area contributed by atoms with E-state index in [1.165, 1.54) is 23.0 Å². The first-order valence-corrected chi connectivity index (χ1v) is 9.90. The number of anilines is 1. The lowest BCUT2D eigenvalue weighted by atomic mass is 10.1. The van der Waals surface area contributed by atoms with Gasteiger partial charge in [-0.05, 0) is 16.4 Å². The lowest BCUT2D eigenvalue weighted by molar-refractivity contribution is -0.383. The second-order valence-electron chi connectivity index (χ2n) is 6.84. The number of nitrogens with two attached hydrogens (primary N) is 1. The van der Waals surface area contributed by atoms with Crippen LogP contribution >= 0.6 is 11.8 Å². The van der Waals surface area contributed by atoms with Gasteiger partial charge in [0.25, 0.3) is 0 Å². The molecule has 0 bridgehead atoms. The minimum absolute atomic E-state index is 0.0182. The zero-order valence-corrected chi connectivity index (χ0v) is 16.7. The number of fused-ring (bicyclic) bond motifs is 2. The first kappa shape index (κ1) is 20.5. The molecular formula is C16H14N8O7S. The molecule has 0 radical (unpaired) electrons. The van der Waals surface area contributed by atoms with Crippen molar-refractivity contribution in [1.82, 2.24) is 29.8 Å². The van der Waals surface area contributed by atoms with Crippen LogP contribution in [0.1, 0.15) is 6.23 Å². The Labute approximate surface area is 180 Å². The van der Waals surface area contributed by atoms with Crippen molar-refractivity contribution >= 4 is 45.6 Å². The number of aliphatic hydroxyl groups excluding tert-OH is 3. The van der Waals surface area contributed by atoms with Crippen LogP contribution in [0.15, 0.2) is 33.0 Å². The zero-order valence-electron chi connectivity index (χ0n) is 15.8. The minimum atomic E-state index is -1.34. The van der Waals surface area contributed by atoms with E-state index in [0.717, 1.165) is 11.8 Å². The summed E-state index contributed by atoms with van der Waals surface area (Å²) in [6.45, 7) is -0.485.